The Kier molecular flexibility index (Phi) is 7.24. The Hall–Kier alpha value is -4.20. The molecule has 2 aromatic carbocycles. The number of aromatic nitrogens is 4. The second kappa shape index (κ2) is 11.0. The number of hydrogen-bond donors (Lipinski definition) is 2. The van der Waals surface area contributed by atoms with Crippen molar-refractivity contribution in [3.05, 3.63) is 101 Å². The summed E-state index contributed by atoms with van der Waals surface area (Å²) < 4.78 is 7.61. The normalized spacial score (nSPS) is 18.4. The molecule has 208 valence electrons. The van der Waals surface area contributed by atoms with Crippen LogP contribution in [0, 0.1) is 6.92 Å². The monoisotopic (exact) mass is 588 g/mol. The van der Waals surface area contributed by atoms with E-state index in [1.165, 1.54) is 39.0 Å². The van der Waals surface area contributed by atoms with E-state index in [0.717, 1.165) is 11.1 Å². The molecule has 2 atom stereocenters. The quantitative estimate of drug-likeness (QED) is 0.135. The molecule has 41 heavy (non-hydrogen) atoms. The predicted octanol–water partition coefficient (Wildman–Crippen LogP) is 3.05. The van der Waals surface area contributed by atoms with E-state index in [1.807, 2.05) is 60.7 Å². The third-order valence-electron chi connectivity index (χ3n) is 6.71. The number of rotatable bonds is 8. The second-order valence-corrected chi connectivity index (χ2v) is 11.5. The summed E-state index contributed by atoms with van der Waals surface area (Å²) in [5.74, 6) is -0.865. The molecule has 13 heteroatoms. The second-order valence-electron chi connectivity index (χ2n) is 9.44. The average molecular weight is 589 g/mol. The largest absolute Gasteiger partial charge is 0.477 e. The first-order valence-electron chi connectivity index (χ1n) is 12.7. The van der Waals surface area contributed by atoms with Crippen molar-refractivity contribution in [1.29, 1.82) is 0 Å². The molecule has 4 heterocycles. The molecule has 0 saturated carbocycles. The number of benzene rings is 2. The SMILES string of the molecule is Cc1nc2nc(C(=O)O)cc(SCC3=C(C(=O)OC(c4ccccc4)c4ccccc4)N4C(=O)C(N)[C@H]4SC3)n2n1. The number of nitrogens with zero attached hydrogens (tertiary/aromatic N) is 5. The van der Waals surface area contributed by atoms with Gasteiger partial charge in [-0.1, -0.05) is 60.7 Å². The third-order valence-corrected chi connectivity index (χ3v) is 9.15. The zero-order valence-electron chi connectivity index (χ0n) is 21.7. The molecule has 1 fully saturated rings. The maximum Gasteiger partial charge on any atom is 0.356 e. The number of ether oxygens (including phenoxy) is 1. The van der Waals surface area contributed by atoms with Gasteiger partial charge in [0, 0.05) is 17.6 Å². The number of aryl methyl sites for hydroxylation is 1. The van der Waals surface area contributed by atoms with Gasteiger partial charge in [0.2, 0.25) is 5.91 Å². The van der Waals surface area contributed by atoms with Crippen molar-refractivity contribution in [2.75, 3.05) is 11.5 Å². The van der Waals surface area contributed by atoms with Gasteiger partial charge in [-0.05, 0) is 23.6 Å². The molecule has 2 aliphatic heterocycles. The van der Waals surface area contributed by atoms with Crippen LogP contribution in [-0.2, 0) is 14.3 Å². The van der Waals surface area contributed by atoms with Crippen LogP contribution in [0.15, 0.2) is 83.0 Å². The molecule has 6 rings (SSSR count). The maximum atomic E-state index is 13.9. The summed E-state index contributed by atoms with van der Waals surface area (Å²) in [7, 11) is 0. The van der Waals surface area contributed by atoms with Gasteiger partial charge in [-0.3, -0.25) is 9.69 Å². The van der Waals surface area contributed by atoms with Crippen molar-refractivity contribution in [1.82, 2.24) is 24.5 Å². The Morgan fingerprint density at radius 2 is 1.78 bits per heavy atom. The van der Waals surface area contributed by atoms with Crippen molar-refractivity contribution in [3.63, 3.8) is 0 Å². The number of carboxylic acid groups (broad SMARTS) is 1. The molecule has 0 radical (unpaired) electrons. The number of carbonyl (C=O) groups is 3. The topological polar surface area (TPSA) is 153 Å². The summed E-state index contributed by atoms with van der Waals surface area (Å²) in [6.07, 6.45) is -0.694. The number of hydrogen-bond acceptors (Lipinski definition) is 10. The zero-order chi connectivity index (χ0) is 28.7. The van der Waals surface area contributed by atoms with Crippen LogP contribution in [0.4, 0.5) is 0 Å². The standard InChI is InChI=1S/C28H24N6O5S2/c1-15-30-28-31-19(26(36)37)12-20(34(28)32-15)40-13-18-14-41-25-21(29)24(35)33(25)22(18)27(38)39-23(16-8-4-2-5-9-16)17-10-6-3-7-11-17/h2-12,21,23,25H,13-14,29H2,1H3,(H,36,37)/t21?,25-/m1/s1. The fourth-order valence-electron chi connectivity index (χ4n) is 4.74. The van der Waals surface area contributed by atoms with Crippen molar-refractivity contribution in [2.45, 2.75) is 29.5 Å². The summed E-state index contributed by atoms with van der Waals surface area (Å²) >= 11 is 2.75. The van der Waals surface area contributed by atoms with Gasteiger partial charge < -0.3 is 15.6 Å². The Balaban J connectivity index is 1.36. The lowest BCUT2D eigenvalue weighted by atomic mass is 10.0. The van der Waals surface area contributed by atoms with Gasteiger partial charge in [0.25, 0.3) is 5.78 Å². The molecular weight excluding hydrogens is 564 g/mol. The smallest absolute Gasteiger partial charge is 0.356 e. The van der Waals surface area contributed by atoms with Gasteiger partial charge in [-0.15, -0.1) is 28.6 Å². The molecular formula is C28H24N6O5S2. The number of β-lactam (4-membered cyclic amide) rings is 1. The maximum absolute atomic E-state index is 13.9. The summed E-state index contributed by atoms with van der Waals surface area (Å²) in [6.45, 7) is 1.69. The van der Waals surface area contributed by atoms with Gasteiger partial charge in [0.05, 0.1) is 0 Å². The first-order chi connectivity index (χ1) is 19.8. The molecule has 2 aliphatic rings. The summed E-state index contributed by atoms with van der Waals surface area (Å²) in [5.41, 5.74) is 8.32. The molecule has 1 saturated heterocycles. The first kappa shape index (κ1) is 27.0. The average Bonchev–Trinajstić information content (AvgIpc) is 3.38. The van der Waals surface area contributed by atoms with E-state index in [-0.39, 0.29) is 34.2 Å². The molecule has 2 aromatic heterocycles. The number of esters is 1. The van der Waals surface area contributed by atoms with Crippen LogP contribution >= 0.6 is 23.5 Å². The van der Waals surface area contributed by atoms with E-state index in [4.69, 9.17) is 10.5 Å². The Morgan fingerprint density at radius 3 is 2.41 bits per heavy atom. The lowest BCUT2D eigenvalue weighted by molar-refractivity contribution is -0.153. The fourth-order valence-corrected chi connectivity index (χ4v) is 7.16. The Morgan fingerprint density at radius 1 is 1.12 bits per heavy atom. The van der Waals surface area contributed by atoms with Crippen LogP contribution in [0.1, 0.15) is 33.5 Å². The first-order valence-corrected chi connectivity index (χ1v) is 14.7. The van der Waals surface area contributed by atoms with Crippen LogP contribution in [-0.4, -0.2) is 70.4 Å². The van der Waals surface area contributed by atoms with Crippen molar-refractivity contribution >= 4 is 47.1 Å². The lowest BCUT2D eigenvalue weighted by Crippen LogP contribution is -2.68. The molecule has 4 aromatic rings. The van der Waals surface area contributed by atoms with Crippen LogP contribution in [0.2, 0.25) is 0 Å². The van der Waals surface area contributed by atoms with E-state index in [1.54, 1.807) is 6.92 Å². The molecule has 11 nitrogen and oxygen atoms in total. The number of thioether (sulfide) groups is 2. The minimum Gasteiger partial charge on any atom is -0.477 e. The highest BCUT2D eigenvalue weighted by molar-refractivity contribution is 8.01. The van der Waals surface area contributed by atoms with Gasteiger partial charge in [-0.25, -0.2) is 14.6 Å². The highest BCUT2D eigenvalue weighted by Crippen LogP contribution is 2.42. The highest BCUT2D eigenvalue weighted by Gasteiger charge is 2.52. The van der Waals surface area contributed by atoms with Crippen LogP contribution in [0.5, 0.6) is 0 Å². The van der Waals surface area contributed by atoms with E-state index in [9.17, 15) is 19.5 Å². The third kappa shape index (κ3) is 5.07. The van der Waals surface area contributed by atoms with Gasteiger partial charge in [0.1, 0.15) is 28.0 Å². The molecule has 1 unspecified atom stereocenters. The number of aromatic carboxylic acids is 1. The molecule has 0 bridgehead atoms. The fraction of sp³-hybridized carbons (Fsp3) is 0.214. The van der Waals surface area contributed by atoms with Crippen LogP contribution < -0.4 is 5.73 Å². The molecule has 1 amide bonds. The number of carbonyl (C=O) groups excluding carboxylic acids is 2. The highest BCUT2D eigenvalue weighted by atomic mass is 32.2. The number of carboxylic acids is 1. The number of amides is 1. The summed E-state index contributed by atoms with van der Waals surface area (Å²) in [6, 6.07) is 19.5. The number of nitrogens with two attached hydrogens (primary N) is 1. The van der Waals surface area contributed by atoms with E-state index >= 15 is 0 Å². The van der Waals surface area contributed by atoms with Gasteiger partial charge in [-0.2, -0.15) is 9.50 Å². The van der Waals surface area contributed by atoms with E-state index < -0.39 is 24.1 Å². The van der Waals surface area contributed by atoms with Gasteiger partial charge in [0.15, 0.2) is 11.8 Å². The number of fused-ring (bicyclic) bond motifs is 2. The van der Waals surface area contributed by atoms with Crippen molar-refractivity contribution in [3.8, 4) is 0 Å². The summed E-state index contributed by atoms with van der Waals surface area (Å²) in [4.78, 5) is 48.2. The lowest BCUT2D eigenvalue weighted by Gasteiger charge is -2.48. The van der Waals surface area contributed by atoms with Crippen LogP contribution in [0.3, 0.4) is 0 Å². The predicted molar refractivity (Wildman–Crippen MR) is 152 cm³/mol. The van der Waals surface area contributed by atoms with Crippen molar-refractivity contribution < 1.29 is 24.2 Å². The minimum atomic E-state index is -1.19. The van der Waals surface area contributed by atoms with Gasteiger partial charge >= 0.3 is 11.9 Å². The van der Waals surface area contributed by atoms with E-state index in [2.05, 4.69) is 15.1 Å². The Labute approximate surface area is 242 Å². The molecule has 0 spiro atoms. The Bertz CT molecular complexity index is 1650. The minimum absolute atomic E-state index is 0.161. The molecule has 3 N–H and O–H groups in total. The van der Waals surface area contributed by atoms with Crippen LogP contribution in [0.25, 0.3) is 5.78 Å². The molecule has 0 aliphatic carbocycles. The van der Waals surface area contributed by atoms with Crippen molar-refractivity contribution in [2.24, 2.45) is 5.73 Å². The summed E-state index contributed by atoms with van der Waals surface area (Å²) in [5, 5.41) is 14.0. The zero-order valence-corrected chi connectivity index (χ0v) is 23.3. The van der Waals surface area contributed by atoms with E-state index in [0.29, 0.717) is 22.2 Å².